The van der Waals surface area contributed by atoms with Gasteiger partial charge in [-0.05, 0) is 72.3 Å². The Bertz CT molecular complexity index is 2160. The Morgan fingerprint density at radius 3 is 1.86 bits per heavy atom. The monoisotopic (exact) mass is 710 g/mol. The summed E-state index contributed by atoms with van der Waals surface area (Å²) in [7, 11) is 3.77. The quantitative estimate of drug-likeness (QED) is 0.155. The molecule has 0 spiro atoms. The summed E-state index contributed by atoms with van der Waals surface area (Å²) < 4.78 is 7.11. The molecule has 0 radical (unpaired) electrons. The van der Waals surface area contributed by atoms with Crippen LogP contribution in [-0.2, 0) is 23.7 Å². The van der Waals surface area contributed by atoms with Crippen LogP contribution in [0.2, 0.25) is 0 Å². The highest BCUT2D eigenvalue weighted by molar-refractivity contribution is 6.66. The highest BCUT2D eigenvalue weighted by Crippen LogP contribution is 2.31. The van der Waals surface area contributed by atoms with Gasteiger partial charge in [0.2, 0.25) is 11.1 Å². The van der Waals surface area contributed by atoms with E-state index in [0.717, 1.165) is 78.4 Å². The van der Waals surface area contributed by atoms with Gasteiger partial charge in [-0.25, -0.2) is 19.0 Å². The van der Waals surface area contributed by atoms with Gasteiger partial charge < -0.3 is 20.9 Å². The molecule has 2 atom stereocenters. The number of pyridine rings is 2. The third-order valence-electron chi connectivity index (χ3n) is 8.58. The smallest absolute Gasteiger partial charge is 0.245 e. The maximum absolute atomic E-state index is 11.8. The summed E-state index contributed by atoms with van der Waals surface area (Å²) in [6.45, 7) is 10.2. The fourth-order valence-corrected chi connectivity index (χ4v) is 6.06. The topological polar surface area (TPSA) is 169 Å². The van der Waals surface area contributed by atoms with Crippen molar-refractivity contribution in [3.8, 4) is 0 Å². The number of aromatic nitrogens is 10. The average Bonchev–Trinajstić information content (AvgIpc) is 3.97. The Morgan fingerprint density at radius 1 is 0.863 bits per heavy atom. The average molecular weight is 711 g/mol. The van der Waals surface area contributed by atoms with Crippen molar-refractivity contribution in [1.82, 2.24) is 59.0 Å². The molecule has 0 aliphatic carbocycles. The Balaban J connectivity index is 0.000000157. The second-order valence-electron chi connectivity index (χ2n) is 12.1. The summed E-state index contributed by atoms with van der Waals surface area (Å²) in [4.78, 5) is 31.8. The molecule has 16 nitrogen and oxygen atoms in total. The maximum atomic E-state index is 11.8. The molecule has 2 saturated heterocycles. The SMILES string of the molecule is C=CC(=O)Cl.C=CC(=O)N1CCC(c2cc(Nc3ccn(C)n3)c3ncnn3c2)C1.Cn1ccc(Nc2cc(C3CCNC3)cn3ncnc23)n1. The molecular weight excluding hydrogens is 672 g/mol. The van der Waals surface area contributed by atoms with Gasteiger partial charge in [0, 0.05) is 76.6 Å². The number of anilines is 4. The van der Waals surface area contributed by atoms with E-state index in [1.807, 2.05) is 54.2 Å². The number of halogens is 1. The van der Waals surface area contributed by atoms with E-state index in [0.29, 0.717) is 12.5 Å². The lowest BCUT2D eigenvalue weighted by atomic mass is 10.00. The number of allylic oxidation sites excluding steroid dienone is 1. The number of carbonyl (C=O) groups is 2. The summed E-state index contributed by atoms with van der Waals surface area (Å²) in [5.41, 5.74) is 5.74. The first kappa shape index (κ1) is 35.0. The van der Waals surface area contributed by atoms with Gasteiger partial charge in [0.05, 0.1) is 11.4 Å². The Labute approximate surface area is 298 Å². The minimum atomic E-state index is -0.509. The molecule has 0 saturated carbocycles. The Hall–Kier alpha value is -5.87. The van der Waals surface area contributed by atoms with E-state index in [4.69, 9.17) is 11.6 Å². The molecule has 8 rings (SSSR count). The number of nitrogens with one attached hydrogen (secondary N) is 3. The van der Waals surface area contributed by atoms with Gasteiger partial charge in [0.15, 0.2) is 22.9 Å². The summed E-state index contributed by atoms with van der Waals surface area (Å²) >= 11 is 4.71. The van der Waals surface area contributed by atoms with Crippen molar-refractivity contribution in [3.05, 3.63) is 98.1 Å². The van der Waals surface area contributed by atoms with Crippen LogP contribution in [0.5, 0.6) is 0 Å². The first-order valence-corrected chi connectivity index (χ1v) is 16.7. The van der Waals surface area contributed by atoms with Crippen LogP contribution in [-0.4, -0.2) is 91.0 Å². The number of fused-ring (bicyclic) bond motifs is 2. The first-order chi connectivity index (χ1) is 24.7. The fraction of sp³-hybridized carbons (Fsp3) is 0.294. The number of likely N-dealkylation sites (tertiary alicyclic amines) is 1. The van der Waals surface area contributed by atoms with E-state index in [1.165, 1.54) is 18.0 Å². The number of hydrogen-bond acceptors (Lipinski definition) is 11. The van der Waals surface area contributed by atoms with Crippen molar-refractivity contribution in [1.29, 1.82) is 0 Å². The predicted molar refractivity (Wildman–Crippen MR) is 194 cm³/mol. The molecule has 6 aromatic rings. The van der Waals surface area contributed by atoms with Crippen LogP contribution in [0.1, 0.15) is 35.8 Å². The van der Waals surface area contributed by atoms with Gasteiger partial charge in [-0.3, -0.25) is 19.0 Å². The fourth-order valence-electron chi connectivity index (χ4n) is 6.06. The van der Waals surface area contributed by atoms with E-state index in [2.05, 4.69) is 77.8 Å². The van der Waals surface area contributed by atoms with E-state index in [-0.39, 0.29) is 11.8 Å². The van der Waals surface area contributed by atoms with Crippen molar-refractivity contribution in [2.24, 2.45) is 14.1 Å². The number of carbonyl (C=O) groups excluding carboxylic acids is 2. The van der Waals surface area contributed by atoms with Crippen molar-refractivity contribution >= 4 is 57.1 Å². The molecule has 2 fully saturated rings. The predicted octanol–water partition coefficient (Wildman–Crippen LogP) is 3.93. The van der Waals surface area contributed by atoms with Crippen LogP contribution in [0.15, 0.2) is 87.0 Å². The zero-order valence-corrected chi connectivity index (χ0v) is 29.1. The standard InChI is InChI=1S/C17H19N7O.C14H17N7.C3H3ClO/c1-3-16(25)23-7-4-12(9-23)13-8-14(17-18-11-19-24(17)10-13)20-15-5-6-22(2)21-15;1-20-5-3-13(19-20)18-12-6-11(10-2-4-15-7-10)8-21-14(12)16-9-17-21;1-2-3(4)5/h3,5-6,8,10-12H,1,4,7,9H2,2H3,(H,20,21);3,5-6,8-10,15H,2,4,7H2,1H3,(H,18,19);2H,1H2. The van der Waals surface area contributed by atoms with E-state index < -0.39 is 5.24 Å². The largest absolute Gasteiger partial charge is 0.339 e. The van der Waals surface area contributed by atoms with Crippen LogP contribution < -0.4 is 16.0 Å². The third-order valence-corrected chi connectivity index (χ3v) is 8.74. The molecule has 51 heavy (non-hydrogen) atoms. The second kappa shape index (κ2) is 15.8. The zero-order chi connectivity index (χ0) is 35.9. The van der Waals surface area contributed by atoms with Crippen LogP contribution in [0, 0.1) is 0 Å². The molecule has 3 N–H and O–H groups in total. The molecule has 8 heterocycles. The van der Waals surface area contributed by atoms with Gasteiger partial charge in [0.1, 0.15) is 12.7 Å². The van der Waals surface area contributed by atoms with E-state index in [1.54, 1.807) is 20.2 Å². The minimum Gasteiger partial charge on any atom is -0.339 e. The summed E-state index contributed by atoms with van der Waals surface area (Å²) in [5.74, 6) is 2.34. The van der Waals surface area contributed by atoms with Gasteiger partial charge in [-0.1, -0.05) is 13.2 Å². The first-order valence-electron chi connectivity index (χ1n) is 16.3. The second-order valence-corrected chi connectivity index (χ2v) is 12.5. The molecule has 264 valence electrons. The normalized spacial score (nSPS) is 16.6. The molecule has 6 aromatic heterocycles. The Morgan fingerprint density at radius 2 is 1.41 bits per heavy atom. The lowest BCUT2D eigenvalue weighted by Gasteiger charge is -2.15. The summed E-state index contributed by atoms with van der Waals surface area (Å²) in [6, 6.07) is 8.08. The van der Waals surface area contributed by atoms with Crippen LogP contribution in [0.25, 0.3) is 11.3 Å². The molecule has 1 amide bonds. The van der Waals surface area contributed by atoms with Crippen molar-refractivity contribution < 1.29 is 9.59 Å². The van der Waals surface area contributed by atoms with Crippen molar-refractivity contribution in [3.63, 3.8) is 0 Å². The number of aryl methyl sites for hydroxylation is 2. The highest BCUT2D eigenvalue weighted by Gasteiger charge is 2.27. The zero-order valence-electron chi connectivity index (χ0n) is 28.4. The molecule has 2 aliphatic rings. The highest BCUT2D eigenvalue weighted by atomic mass is 35.5. The molecule has 2 aliphatic heterocycles. The lowest BCUT2D eigenvalue weighted by molar-refractivity contribution is -0.125. The molecule has 2 unspecified atom stereocenters. The van der Waals surface area contributed by atoms with Gasteiger partial charge >= 0.3 is 0 Å². The summed E-state index contributed by atoms with van der Waals surface area (Å²) in [6.07, 6.45) is 15.4. The number of amides is 1. The van der Waals surface area contributed by atoms with Crippen molar-refractivity contribution in [2.75, 3.05) is 36.8 Å². The van der Waals surface area contributed by atoms with Gasteiger partial charge in [-0.2, -0.15) is 20.4 Å². The van der Waals surface area contributed by atoms with Gasteiger partial charge in [0.25, 0.3) is 0 Å². The lowest BCUT2D eigenvalue weighted by Crippen LogP contribution is -2.26. The molecule has 17 heteroatoms. The molecular formula is C34H39ClN14O2. The maximum Gasteiger partial charge on any atom is 0.245 e. The Kier molecular flexibility index (Phi) is 10.8. The third kappa shape index (κ3) is 8.48. The van der Waals surface area contributed by atoms with Crippen LogP contribution in [0.3, 0.4) is 0 Å². The molecule has 0 aromatic carbocycles. The van der Waals surface area contributed by atoms with Crippen LogP contribution in [0.4, 0.5) is 23.0 Å². The van der Waals surface area contributed by atoms with Crippen LogP contribution >= 0.6 is 11.6 Å². The van der Waals surface area contributed by atoms with Crippen molar-refractivity contribution in [2.45, 2.75) is 24.7 Å². The van der Waals surface area contributed by atoms with E-state index in [9.17, 15) is 9.59 Å². The summed E-state index contributed by atoms with van der Waals surface area (Å²) in [5, 5.41) is 26.8. The number of nitrogens with zero attached hydrogens (tertiary/aromatic N) is 11. The van der Waals surface area contributed by atoms with E-state index >= 15 is 0 Å². The number of rotatable bonds is 8. The number of hydrogen-bond donors (Lipinski definition) is 3. The minimum absolute atomic E-state index is 0.0174. The molecule has 0 bridgehead atoms. The van der Waals surface area contributed by atoms with Gasteiger partial charge in [-0.15, -0.1) is 0 Å².